The molecule has 0 saturated carbocycles. The van der Waals surface area contributed by atoms with Crippen molar-refractivity contribution in [1.29, 1.82) is 0 Å². The van der Waals surface area contributed by atoms with Gasteiger partial charge in [-0.15, -0.1) is 11.8 Å². The van der Waals surface area contributed by atoms with Crippen LogP contribution in [-0.4, -0.2) is 12.0 Å². The van der Waals surface area contributed by atoms with Gasteiger partial charge in [-0.25, -0.2) is 8.78 Å². The average molecular weight is 230 g/mol. The highest BCUT2D eigenvalue weighted by Crippen LogP contribution is 2.27. The molecule has 0 heterocycles. The number of benzene rings is 1. The second kappa shape index (κ2) is 5.26. The van der Waals surface area contributed by atoms with Gasteiger partial charge in [0.15, 0.2) is 0 Å². The molecule has 0 aliphatic carbocycles. The first-order chi connectivity index (χ1) is 7.04. The lowest BCUT2D eigenvalue weighted by Crippen LogP contribution is -1.99. The molecule has 0 aromatic heterocycles. The number of carbonyl (C=O) groups excluding carboxylic acids is 1. The van der Waals surface area contributed by atoms with Crippen LogP contribution in [-0.2, 0) is 11.2 Å². The van der Waals surface area contributed by atoms with E-state index in [-0.39, 0.29) is 11.3 Å². The van der Waals surface area contributed by atoms with Gasteiger partial charge >= 0.3 is 0 Å². The molecule has 0 atom stereocenters. The maximum absolute atomic E-state index is 12.4. The fourth-order valence-corrected chi connectivity index (χ4v) is 1.97. The van der Waals surface area contributed by atoms with E-state index < -0.39 is 6.43 Å². The molecule has 0 saturated heterocycles. The van der Waals surface area contributed by atoms with Crippen LogP contribution in [0.4, 0.5) is 8.78 Å². The van der Waals surface area contributed by atoms with Crippen molar-refractivity contribution in [2.75, 3.05) is 6.26 Å². The molecule has 1 aromatic carbocycles. The fourth-order valence-electron chi connectivity index (χ4n) is 1.31. The third-order valence-electron chi connectivity index (χ3n) is 2.00. The Balaban J connectivity index is 3.03. The van der Waals surface area contributed by atoms with E-state index in [0.717, 1.165) is 10.5 Å². The highest BCUT2D eigenvalue weighted by Gasteiger charge is 2.11. The van der Waals surface area contributed by atoms with E-state index >= 15 is 0 Å². The van der Waals surface area contributed by atoms with Crippen LogP contribution in [0, 0.1) is 0 Å². The molecule has 0 aliphatic heterocycles. The molecule has 0 spiro atoms. The molecule has 0 unspecified atom stereocenters. The van der Waals surface area contributed by atoms with Crippen molar-refractivity contribution in [2.45, 2.75) is 24.7 Å². The summed E-state index contributed by atoms with van der Waals surface area (Å²) in [5.74, 6) is 0.0371. The molecule has 0 N–H and O–H groups in total. The Morgan fingerprint density at radius 1 is 1.47 bits per heavy atom. The minimum Gasteiger partial charge on any atom is -0.300 e. The second-order valence-electron chi connectivity index (χ2n) is 3.25. The van der Waals surface area contributed by atoms with Crippen molar-refractivity contribution in [1.82, 2.24) is 0 Å². The molecule has 1 rings (SSSR count). The number of hydrogen-bond acceptors (Lipinski definition) is 2. The average Bonchev–Trinajstić information content (AvgIpc) is 2.17. The van der Waals surface area contributed by atoms with Gasteiger partial charge in [0.2, 0.25) is 0 Å². The summed E-state index contributed by atoms with van der Waals surface area (Å²) >= 11 is 1.38. The van der Waals surface area contributed by atoms with Crippen molar-refractivity contribution < 1.29 is 13.6 Å². The summed E-state index contributed by atoms with van der Waals surface area (Å²) in [7, 11) is 0. The summed E-state index contributed by atoms with van der Waals surface area (Å²) in [6.07, 6.45) is -0.337. The van der Waals surface area contributed by atoms with Crippen LogP contribution in [0.15, 0.2) is 23.1 Å². The van der Waals surface area contributed by atoms with Crippen LogP contribution in [0.1, 0.15) is 24.5 Å². The van der Waals surface area contributed by atoms with Crippen molar-refractivity contribution >= 4 is 17.5 Å². The lowest BCUT2D eigenvalue weighted by atomic mass is 10.1. The van der Waals surface area contributed by atoms with E-state index in [1.165, 1.54) is 30.8 Å². The Hall–Kier alpha value is -0.900. The third kappa shape index (κ3) is 3.30. The first-order valence-corrected chi connectivity index (χ1v) is 5.71. The second-order valence-corrected chi connectivity index (χ2v) is 4.10. The highest BCUT2D eigenvalue weighted by atomic mass is 32.2. The van der Waals surface area contributed by atoms with Gasteiger partial charge in [-0.3, -0.25) is 4.79 Å². The summed E-state index contributed by atoms with van der Waals surface area (Å²) < 4.78 is 24.8. The molecule has 0 fully saturated rings. The fraction of sp³-hybridized carbons (Fsp3) is 0.364. The van der Waals surface area contributed by atoms with Crippen LogP contribution >= 0.6 is 11.8 Å². The molecular weight excluding hydrogens is 218 g/mol. The van der Waals surface area contributed by atoms with Crippen LogP contribution in [0.25, 0.3) is 0 Å². The number of Topliss-reactive ketones (excluding diaryl/α,β-unsaturated/α-hetero) is 1. The van der Waals surface area contributed by atoms with Crippen LogP contribution < -0.4 is 0 Å². The third-order valence-corrected chi connectivity index (χ3v) is 2.82. The summed E-state index contributed by atoms with van der Waals surface area (Å²) in [5, 5.41) is 0. The molecule has 0 aliphatic rings. The Morgan fingerprint density at radius 2 is 2.13 bits per heavy atom. The Morgan fingerprint density at radius 3 is 2.60 bits per heavy atom. The minimum atomic E-state index is -2.46. The maximum atomic E-state index is 12.4. The van der Waals surface area contributed by atoms with Gasteiger partial charge < -0.3 is 0 Å². The number of thioether (sulfide) groups is 1. The highest BCUT2D eigenvalue weighted by molar-refractivity contribution is 7.98. The number of carbonyl (C=O) groups is 1. The van der Waals surface area contributed by atoms with Crippen molar-refractivity contribution in [3.05, 3.63) is 29.3 Å². The summed E-state index contributed by atoms with van der Waals surface area (Å²) in [5.41, 5.74) is 0.825. The van der Waals surface area contributed by atoms with Gasteiger partial charge in [0, 0.05) is 16.9 Å². The van der Waals surface area contributed by atoms with E-state index in [0.29, 0.717) is 6.42 Å². The van der Waals surface area contributed by atoms with Crippen LogP contribution in [0.2, 0.25) is 0 Å². The largest absolute Gasteiger partial charge is 0.300 e. The van der Waals surface area contributed by atoms with E-state index in [1.807, 2.05) is 6.26 Å². The van der Waals surface area contributed by atoms with Crippen LogP contribution in [0.3, 0.4) is 0 Å². The van der Waals surface area contributed by atoms with Crippen molar-refractivity contribution in [2.24, 2.45) is 0 Å². The molecule has 1 aromatic rings. The zero-order valence-corrected chi connectivity index (χ0v) is 9.41. The summed E-state index contributed by atoms with van der Waals surface area (Å²) in [6, 6.07) is 4.44. The SMILES string of the molecule is CSc1cc(C(F)F)ccc1CC(C)=O. The quantitative estimate of drug-likeness (QED) is 0.737. The molecule has 15 heavy (non-hydrogen) atoms. The normalized spacial score (nSPS) is 10.7. The lowest BCUT2D eigenvalue weighted by molar-refractivity contribution is -0.116. The monoisotopic (exact) mass is 230 g/mol. The molecule has 82 valence electrons. The predicted octanol–water partition coefficient (Wildman–Crippen LogP) is 3.48. The number of alkyl halides is 2. The zero-order chi connectivity index (χ0) is 11.4. The Kier molecular flexibility index (Phi) is 4.27. The molecule has 1 nitrogen and oxygen atoms in total. The van der Waals surface area contributed by atoms with Gasteiger partial charge in [0.25, 0.3) is 6.43 Å². The summed E-state index contributed by atoms with van der Waals surface area (Å²) in [4.78, 5) is 11.7. The molecule has 0 amide bonds. The van der Waals surface area contributed by atoms with Crippen molar-refractivity contribution in [3.63, 3.8) is 0 Å². The van der Waals surface area contributed by atoms with Gasteiger partial charge in [-0.05, 0) is 24.8 Å². The van der Waals surface area contributed by atoms with E-state index in [9.17, 15) is 13.6 Å². The maximum Gasteiger partial charge on any atom is 0.263 e. The van der Waals surface area contributed by atoms with Crippen LogP contribution in [0.5, 0.6) is 0 Å². The van der Waals surface area contributed by atoms with Gasteiger partial charge in [-0.2, -0.15) is 0 Å². The Labute approximate surface area is 91.9 Å². The Bertz CT molecular complexity index is 364. The first-order valence-electron chi connectivity index (χ1n) is 4.49. The van der Waals surface area contributed by atoms with Gasteiger partial charge in [-0.1, -0.05) is 12.1 Å². The molecule has 4 heteroatoms. The lowest BCUT2D eigenvalue weighted by Gasteiger charge is -2.08. The molecular formula is C11H12F2OS. The van der Waals surface area contributed by atoms with E-state index in [2.05, 4.69) is 0 Å². The first kappa shape index (κ1) is 12.2. The van der Waals surface area contributed by atoms with Gasteiger partial charge in [0.05, 0.1) is 0 Å². The van der Waals surface area contributed by atoms with Gasteiger partial charge in [0.1, 0.15) is 5.78 Å². The zero-order valence-electron chi connectivity index (χ0n) is 8.59. The van der Waals surface area contributed by atoms with E-state index in [4.69, 9.17) is 0 Å². The number of ketones is 1. The number of rotatable bonds is 4. The summed E-state index contributed by atoms with van der Waals surface area (Å²) in [6.45, 7) is 1.49. The minimum absolute atomic E-state index is 0.00616. The van der Waals surface area contributed by atoms with E-state index in [1.54, 1.807) is 6.07 Å². The predicted molar refractivity (Wildman–Crippen MR) is 57.6 cm³/mol. The standard InChI is InChI=1S/C11H12F2OS/c1-7(14)5-8-3-4-9(11(12)13)6-10(8)15-2/h3-4,6,11H,5H2,1-2H3. The number of halogens is 2. The van der Waals surface area contributed by atoms with Crippen molar-refractivity contribution in [3.8, 4) is 0 Å². The smallest absolute Gasteiger partial charge is 0.263 e. The topological polar surface area (TPSA) is 17.1 Å². The number of hydrogen-bond donors (Lipinski definition) is 0. The molecule has 0 radical (unpaired) electrons. The molecule has 0 bridgehead atoms.